The maximum Gasteiger partial charge on any atom is 0.337 e. The third-order valence-corrected chi connectivity index (χ3v) is 9.72. The van der Waals surface area contributed by atoms with Crippen molar-refractivity contribution in [2.45, 2.75) is 51.4 Å². The molecular formula is C38H34ClN3O5. The first-order valence-corrected chi connectivity index (χ1v) is 16.5. The molecule has 1 fully saturated rings. The van der Waals surface area contributed by atoms with E-state index in [0.29, 0.717) is 29.0 Å². The lowest BCUT2D eigenvalue weighted by Gasteiger charge is -2.28. The summed E-state index contributed by atoms with van der Waals surface area (Å²) in [6.45, 7) is 1.85. The highest BCUT2D eigenvalue weighted by Crippen LogP contribution is 2.37. The number of ether oxygens (including phenoxy) is 3. The van der Waals surface area contributed by atoms with Crippen molar-refractivity contribution in [3.63, 3.8) is 0 Å². The van der Waals surface area contributed by atoms with E-state index in [1.807, 2.05) is 60.7 Å². The second kappa shape index (κ2) is 12.5. The summed E-state index contributed by atoms with van der Waals surface area (Å²) < 4.78 is 25.3. The van der Waals surface area contributed by atoms with Crippen LogP contribution in [0.15, 0.2) is 83.3 Å². The highest BCUT2D eigenvalue weighted by Gasteiger charge is 2.25. The summed E-state index contributed by atoms with van der Waals surface area (Å²) in [4.78, 5) is 22.1. The highest BCUT2D eigenvalue weighted by atomic mass is 35.5. The number of carbonyl (C=O) groups excluding carboxylic acids is 1. The molecule has 47 heavy (non-hydrogen) atoms. The fourth-order valence-corrected chi connectivity index (χ4v) is 7.01. The van der Waals surface area contributed by atoms with Gasteiger partial charge < -0.3 is 23.2 Å². The summed E-state index contributed by atoms with van der Waals surface area (Å²) in [5.41, 5.74) is 7.01. The molecule has 8 rings (SSSR count). The molecule has 4 heterocycles. The summed E-state index contributed by atoms with van der Waals surface area (Å²) in [6.07, 6.45) is 7.27. The minimum atomic E-state index is -0.345. The number of furan rings is 1. The molecular weight excluding hydrogens is 614 g/mol. The van der Waals surface area contributed by atoms with Gasteiger partial charge in [-0.2, -0.15) is 0 Å². The fraction of sp³-hybridized carbons (Fsp3) is 0.289. The number of nitrogens with zero attached hydrogens (tertiary/aromatic N) is 3. The molecule has 1 saturated heterocycles. The average molecular weight is 648 g/mol. The average Bonchev–Trinajstić information content (AvgIpc) is 3.64. The van der Waals surface area contributed by atoms with Gasteiger partial charge in [-0.3, -0.25) is 0 Å². The zero-order chi connectivity index (χ0) is 31.9. The van der Waals surface area contributed by atoms with Gasteiger partial charge in [-0.25, -0.2) is 14.8 Å². The van der Waals surface area contributed by atoms with E-state index in [0.717, 1.165) is 95.3 Å². The fourth-order valence-electron chi connectivity index (χ4n) is 6.75. The van der Waals surface area contributed by atoms with Crippen LogP contribution in [0.5, 0.6) is 5.88 Å². The molecule has 9 heteroatoms. The van der Waals surface area contributed by atoms with E-state index in [2.05, 4.69) is 16.7 Å². The summed E-state index contributed by atoms with van der Waals surface area (Å²) >= 11 is 6.56. The number of hydrogen-bond donors (Lipinski definition) is 0. The Morgan fingerprint density at radius 1 is 1.04 bits per heavy atom. The van der Waals surface area contributed by atoms with Crippen molar-refractivity contribution in [2.75, 3.05) is 13.7 Å². The number of para-hydroxylation sites is 1. The smallest absolute Gasteiger partial charge is 0.337 e. The van der Waals surface area contributed by atoms with Crippen molar-refractivity contribution in [1.29, 1.82) is 0 Å². The van der Waals surface area contributed by atoms with Crippen molar-refractivity contribution in [2.24, 2.45) is 5.92 Å². The summed E-state index contributed by atoms with van der Waals surface area (Å²) in [6, 6.07) is 23.3. The Balaban J connectivity index is 0.974. The number of methoxy groups -OCH3 is 1. The van der Waals surface area contributed by atoms with Crippen molar-refractivity contribution in [1.82, 2.24) is 14.5 Å². The van der Waals surface area contributed by atoms with Gasteiger partial charge in [-0.05, 0) is 73.6 Å². The lowest BCUT2D eigenvalue weighted by Crippen LogP contribution is -2.32. The second-order valence-corrected chi connectivity index (χ2v) is 12.8. The molecule has 6 aromatic rings. The molecule has 1 aliphatic heterocycles. The van der Waals surface area contributed by atoms with Gasteiger partial charge >= 0.3 is 5.97 Å². The summed E-state index contributed by atoms with van der Waals surface area (Å²) in [5.74, 6) is 1.71. The molecule has 2 aliphatic rings. The molecule has 0 saturated carbocycles. The molecule has 1 unspecified atom stereocenters. The predicted octanol–water partition coefficient (Wildman–Crippen LogP) is 8.56. The van der Waals surface area contributed by atoms with Gasteiger partial charge in [0.25, 0.3) is 0 Å². The van der Waals surface area contributed by atoms with Gasteiger partial charge in [0.1, 0.15) is 23.6 Å². The van der Waals surface area contributed by atoms with Crippen LogP contribution in [0.25, 0.3) is 38.5 Å². The molecule has 0 spiro atoms. The molecule has 0 amide bonds. The van der Waals surface area contributed by atoms with Gasteiger partial charge in [0, 0.05) is 35.4 Å². The monoisotopic (exact) mass is 647 g/mol. The van der Waals surface area contributed by atoms with Crippen LogP contribution in [0.2, 0.25) is 5.02 Å². The van der Waals surface area contributed by atoms with E-state index in [1.54, 1.807) is 6.07 Å². The second-order valence-electron chi connectivity index (χ2n) is 12.3. The lowest BCUT2D eigenvalue weighted by atomic mass is 9.86. The molecule has 0 radical (unpaired) electrons. The zero-order valence-electron chi connectivity index (χ0n) is 26.1. The summed E-state index contributed by atoms with van der Waals surface area (Å²) in [5, 5.41) is 2.56. The van der Waals surface area contributed by atoms with Crippen LogP contribution in [0.1, 0.15) is 53.1 Å². The number of carbonyl (C=O) groups is 1. The Morgan fingerprint density at radius 2 is 1.94 bits per heavy atom. The largest absolute Gasteiger partial charge is 0.473 e. The van der Waals surface area contributed by atoms with Crippen LogP contribution in [-0.2, 0) is 29.0 Å². The quantitative estimate of drug-likeness (QED) is 0.145. The first-order valence-electron chi connectivity index (χ1n) is 16.1. The number of aromatic nitrogens is 3. The van der Waals surface area contributed by atoms with E-state index in [4.69, 9.17) is 40.2 Å². The van der Waals surface area contributed by atoms with E-state index < -0.39 is 0 Å². The minimum absolute atomic E-state index is 0.177. The third-order valence-electron chi connectivity index (χ3n) is 9.40. The van der Waals surface area contributed by atoms with Gasteiger partial charge in [-0.1, -0.05) is 48.0 Å². The number of benzene rings is 3. The van der Waals surface area contributed by atoms with Gasteiger partial charge in [0.2, 0.25) is 5.88 Å². The van der Waals surface area contributed by atoms with E-state index >= 15 is 0 Å². The molecule has 8 nitrogen and oxygen atoms in total. The maximum absolute atomic E-state index is 12.2. The number of allylic oxidation sites excluding steroid dienone is 2. The number of imidazole rings is 1. The number of hydrogen-bond acceptors (Lipinski definition) is 7. The predicted molar refractivity (Wildman–Crippen MR) is 182 cm³/mol. The first-order chi connectivity index (χ1) is 23.0. The van der Waals surface area contributed by atoms with Crippen LogP contribution < -0.4 is 4.74 Å². The highest BCUT2D eigenvalue weighted by molar-refractivity contribution is 6.37. The van der Waals surface area contributed by atoms with E-state index in [9.17, 15) is 4.79 Å². The minimum Gasteiger partial charge on any atom is -0.473 e. The molecule has 0 N–H and O–H groups in total. The molecule has 238 valence electrons. The Morgan fingerprint density at radius 3 is 2.74 bits per heavy atom. The Labute approximate surface area is 276 Å². The molecule has 3 aromatic carbocycles. The SMILES string of the molecule is COC(=O)c1ccc2nc(CC3CC=C(c4cccc(OCc5ccc(Cl)c6c5oc5ccccc56)n4)CC3)n(C[C@@H]3CCO3)c2c1. The lowest BCUT2D eigenvalue weighted by molar-refractivity contribution is -0.0590. The number of fused-ring (bicyclic) bond motifs is 4. The van der Waals surface area contributed by atoms with Crippen molar-refractivity contribution in [3.8, 4) is 5.88 Å². The molecule has 0 bridgehead atoms. The van der Waals surface area contributed by atoms with E-state index in [-0.39, 0.29) is 12.1 Å². The first kappa shape index (κ1) is 29.7. The van der Waals surface area contributed by atoms with Gasteiger partial charge in [0.05, 0.1) is 47.1 Å². The van der Waals surface area contributed by atoms with Crippen molar-refractivity contribution < 1.29 is 23.4 Å². The number of esters is 1. The standard InChI is InChI=1S/C38H34ClN3O5/c1-44-38(43)25-14-16-31-32(20-25)42(21-27-17-18-45-27)34(40-31)19-23-9-11-24(12-10-23)30-6-4-8-35(41-30)46-22-26-13-15-29(39)36-28-5-2-3-7-33(28)47-37(26)36/h2-8,11,13-16,20,23,27H,9-10,12,17-19,21-22H2,1H3/t23?,27-/m0/s1. The normalized spacial score (nSPS) is 18.0. The van der Waals surface area contributed by atoms with Crippen LogP contribution in [0.4, 0.5) is 0 Å². The zero-order valence-corrected chi connectivity index (χ0v) is 26.8. The molecule has 1 aliphatic carbocycles. The Bertz CT molecular complexity index is 2160. The van der Waals surface area contributed by atoms with E-state index in [1.165, 1.54) is 12.7 Å². The molecule has 3 aromatic heterocycles. The Kier molecular flexibility index (Phi) is 7.91. The number of pyridine rings is 1. The maximum atomic E-state index is 12.2. The number of rotatable bonds is 9. The van der Waals surface area contributed by atoms with Crippen molar-refractivity contribution >= 4 is 56.1 Å². The van der Waals surface area contributed by atoms with Crippen LogP contribution in [0, 0.1) is 5.92 Å². The summed E-state index contributed by atoms with van der Waals surface area (Å²) in [7, 11) is 1.40. The van der Waals surface area contributed by atoms with Gasteiger partial charge in [-0.15, -0.1) is 0 Å². The number of halogens is 1. The third kappa shape index (κ3) is 5.77. The Hall–Kier alpha value is -4.66. The topological polar surface area (TPSA) is 88.6 Å². The molecule has 2 atom stereocenters. The van der Waals surface area contributed by atoms with Crippen LogP contribution in [0.3, 0.4) is 0 Å². The van der Waals surface area contributed by atoms with Crippen LogP contribution >= 0.6 is 11.6 Å². The van der Waals surface area contributed by atoms with Crippen molar-refractivity contribution in [3.05, 3.63) is 107 Å². The van der Waals surface area contributed by atoms with Crippen LogP contribution in [-0.4, -0.2) is 40.3 Å². The van der Waals surface area contributed by atoms with Gasteiger partial charge in [0.15, 0.2) is 0 Å².